The molecule has 1 fully saturated rings. The number of halogens is 1. The first-order chi connectivity index (χ1) is 9.56. The molecule has 2 aromatic rings. The quantitative estimate of drug-likeness (QED) is 0.879. The number of amides is 1. The number of nitrogens with zero attached hydrogens (tertiary/aromatic N) is 1. The molecule has 0 radical (unpaired) electrons. The van der Waals surface area contributed by atoms with Gasteiger partial charge in [0.1, 0.15) is 10.7 Å². The van der Waals surface area contributed by atoms with Crippen molar-refractivity contribution in [3.05, 3.63) is 28.9 Å². The van der Waals surface area contributed by atoms with Crippen LogP contribution in [0.15, 0.2) is 18.2 Å². The van der Waals surface area contributed by atoms with Gasteiger partial charge in [0.05, 0.1) is 18.4 Å². The van der Waals surface area contributed by atoms with Crippen molar-refractivity contribution < 1.29 is 13.9 Å². The van der Waals surface area contributed by atoms with Gasteiger partial charge in [0.25, 0.3) is 5.91 Å². The normalized spacial score (nSPS) is 19.5. The third kappa shape index (κ3) is 2.25. The number of nitrogens with two attached hydrogens (primary N) is 1. The van der Waals surface area contributed by atoms with Crippen LogP contribution < -0.4 is 5.73 Å². The second-order valence-electron chi connectivity index (χ2n) is 4.92. The van der Waals surface area contributed by atoms with Gasteiger partial charge in [-0.2, -0.15) is 0 Å². The topological polar surface area (TPSA) is 55.6 Å². The van der Waals surface area contributed by atoms with Crippen LogP contribution in [0.1, 0.15) is 16.6 Å². The fourth-order valence-electron chi connectivity index (χ4n) is 2.39. The van der Waals surface area contributed by atoms with Crippen molar-refractivity contribution in [3.8, 4) is 0 Å². The molecular weight excluding hydrogens is 279 g/mol. The number of carbonyl (C=O) groups excluding carboxylic acids is 1. The largest absolute Gasteiger partial charge is 0.397 e. The number of ether oxygens (including phenoxy) is 1. The number of fused-ring (bicyclic) bond motifs is 1. The van der Waals surface area contributed by atoms with Crippen LogP contribution >= 0.6 is 11.3 Å². The van der Waals surface area contributed by atoms with E-state index in [1.807, 2.05) is 6.92 Å². The van der Waals surface area contributed by atoms with E-state index in [0.29, 0.717) is 35.6 Å². The van der Waals surface area contributed by atoms with E-state index < -0.39 is 0 Å². The molecule has 1 atom stereocenters. The van der Waals surface area contributed by atoms with Crippen molar-refractivity contribution in [2.24, 2.45) is 0 Å². The molecular formula is C14H15FN2O2S. The summed E-state index contributed by atoms with van der Waals surface area (Å²) >= 11 is 1.31. The standard InChI is InChI=1S/C14H15FN2O2S/c1-8-7-17(4-5-19-8)14(18)13-12(16)10-6-9(15)2-3-11(10)20-13/h2-3,6,8H,4-5,7,16H2,1H3. The summed E-state index contributed by atoms with van der Waals surface area (Å²) in [4.78, 5) is 14.8. The Bertz CT molecular complexity index is 670. The zero-order valence-corrected chi connectivity index (χ0v) is 11.9. The molecule has 106 valence electrons. The zero-order valence-electron chi connectivity index (χ0n) is 11.1. The molecule has 1 aliphatic heterocycles. The van der Waals surface area contributed by atoms with E-state index in [-0.39, 0.29) is 17.8 Å². The highest BCUT2D eigenvalue weighted by Crippen LogP contribution is 2.35. The molecule has 3 rings (SSSR count). The monoisotopic (exact) mass is 294 g/mol. The summed E-state index contributed by atoms with van der Waals surface area (Å²) < 4.78 is 19.5. The lowest BCUT2D eigenvalue weighted by atomic mass is 10.2. The third-order valence-corrected chi connectivity index (χ3v) is 4.59. The van der Waals surface area contributed by atoms with Crippen LogP contribution in [0.4, 0.5) is 10.1 Å². The number of thiophene rings is 1. The summed E-state index contributed by atoms with van der Waals surface area (Å²) in [6.45, 7) is 3.58. The molecule has 0 saturated carbocycles. The van der Waals surface area contributed by atoms with E-state index in [2.05, 4.69) is 0 Å². The predicted molar refractivity (Wildman–Crippen MR) is 77.5 cm³/mol. The van der Waals surface area contributed by atoms with Crippen molar-refractivity contribution in [1.82, 2.24) is 4.90 Å². The number of hydrogen-bond acceptors (Lipinski definition) is 4. The molecule has 6 heteroatoms. The molecule has 1 aromatic heterocycles. The van der Waals surface area contributed by atoms with Crippen LogP contribution in [-0.4, -0.2) is 36.6 Å². The SMILES string of the molecule is CC1CN(C(=O)c2sc3ccc(F)cc3c2N)CCO1. The van der Waals surface area contributed by atoms with Crippen molar-refractivity contribution in [3.63, 3.8) is 0 Å². The highest BCUT2D eigenvalue weighted by atomic mass is 32.1. The van der Waals surface area contributed by atoms with Gasteiger partial charge in [0.15, 0.2) is 0 Å². The van der Waals surface area contributed by atoms with Crippen LogP contribution in [0.2, 0.25) is 0 Å². The number of anilines is 1. The molecule has 1 aromatic carbocycles. The van der Waals surface area contributed by atoms with Gasteiger partial charge in [-0.1, -0.05) is 0 Å². The Morgan fingerprint density at radius 2 is 2.35 bits per heavy atom. The van der Waals surface area contributed by atoms with Gasteiger partial charge >= 0.3 is 0 Å². The minimum absolute atomic E-state index is 0.0285. The molecule has 2 N–H and O–H groups in total. The number of nitrogen functional groups attached to an aromatic ring is 1. The lowest BCUT2D eigenvalue weighted by molar-refractivity contribution is -0.0122. The maximum absolute atomic E-state index is 13.3. The summed E-state index contributed by atoms with van der Waals surface area (Å²) in [6, 6.07) is 4.41. The highest BCUT2D eigenvalue weighted by Gasteiger charge is 2.26. The average Bonchev–Trinajstić information content (AvgIpc) is 2.75. The Balaban J connectivity index is 1.97. The van der Waals surface area contributed by atoms with Crippen molar-refractivity contribution in [1.29, 1.82) is 0 Å². The second kappa shape index (κ2) is 5.03. The van der Waals surface area contributed by atoms with Gasteiger partial charge in [-0.3, -0.25) is 4.79 Å². The van der Waals surface area contributed by atoms with Gasteiger partial charge < -0.3 is 15.4 Å². The van der Waals surface area contributed by atoms with E-state index in [4.69, 9.17) is 10.5 Å². The molecule has 0 bridgehead atoms. The van der Waals surface area contributed by atoms with E-state index in [1.165, 1.54) is 23.5 Å². The molecule has 1 saturated heterocycles. The highest BCUT2D eigenvalue weighted by molar-refractivity contribution is 7.21. The van der Waals surface area contributed by atoms with Gasteiger partial charge in [0, 0.05) is 23.2 Å². The second-order valence-corrected chi connectivity index (χ2v) is 5.97. The fourth-order valence-corrected chi connectivity index (χ4v) is 3.47. The molecule has 1 amide bonds. The minimum Gasteiger partial charge on any atom is -0.397 e. The molecule has 0 aliphatic carbocycles. The Labute approximate surface area is 119 Å². The summed E-state index contributed by atoms with van der Waals surface area (Å²) in [5.74, 6) is -0.444. The molecule has 2 heterocycles. The van der Waals surface area contributed by atoms with Gasteiger partial charge in [-0.05, 0) is 25.1 Å². The van der Waals surface area contributed by atoms with Crippen LogP contribution in [-0.2, 0) is 4.74 Å². The average molecular weight is 294 g/mol. The van der Waals surface area contributed by atoms with Crippen molar-refractivity contribution >= 4 is 33.0 Å². The van der Waals surface area contributed by atoms with Gasteiger partial charge in [-0.15, -0.1) is 11.3 Å². The van der Waals surface area contributed by atoms with Crippen molar-refractivity contribution in [2.45, 2.75) is 13.0 Å². The van der Waals surface area contributed by atoms with Gasteiger partial charge in [-0.25, -0.2) is 4.39 Å². The lowest BCUT2D eigenvalue weighted by Gasteiger charge is -2.30. The molecule has 20 heavy (non-hydrogen) atoms. The van der Waals surface area contributed by atoms with Gasteiger partial charge in [0.2, 0.25) is 0 Å². The number of carbonyl (C=O) groups is 1. The Kier molecular flexibility index (Phi) is 3.35. The van der Waals surface area contributed by atoms with Crippen LogP contribution in [0.5, 0.6) is 0 Å². The first-order valence-corrected chi connectivity index (χ1v) is 7.26. The molecule has 1 aliphatic rings. The first kappa shape index (κ1) is 13.3. The number of morpholine rings is 1. The summed E-state index contributed by atoms with van der Waals surface area (Å²) in [5, 5.41) is 0.611. The van der Waals surface area contributed by atoms with Crippen LogP contribution in [0.25, 0.3) is 10.1 Å². The zero-order chi connectivity index (χ0) is 14.3. The van der Waals surface area contributed by atoms with Crippen LogP contribution in [0, 0.1) is 5.82 Å². The molecule has 0 spiro atoms. The lowest BCUT2D eigenvalue weighted by Crippen LogP contribution is -2.44. The maximum atomic E-state index is 13.3. The summed E-state index contributed by atoms with van der Waals surface area (Å²) in [7, 11) is 0. The number of benzene rings is 1. The number of rotatable bonds is 1. The van der Waals surface area contributed by atoms with E-state index in [1.54, 1.807) is 11.0 Å². The molecule has 1 unspecified atom stereocenters. The minimum atomic E-state index is -0.346. The summed E-state index contributed by atoms with van der Waals surface area (Å²) in [6.07, 6.45) is 0.0285. The number of hydrogen-bond donors (Lipinski definition) is 1. The Morgan fingerprint density at radius 1 is 1.55 bits per heavy atom. The van der Waals surface area contributed by atoms with Crippen LogP contribution in [0.3, 0.4) is 0 Å². The van der Waals surface area contributed by atoms with E-state index in [9.17, 15) is 9.18 Å². The smallest absolute Gasteiger partial charge is 0.266 e. The first-order valence-electron chi connectivity index (χ1n) is 6.44. The summed E-state index contributed by atoms with van der Waals surface area (Å²) in [5.41, 5.74) is 6.38. The van der Waals surface area contributed by atoms with E-state index in [0.717, 1.165) is 4.70 Å². The van der Waals surface area contributed by atoms with Crippen molar-refractivity contribution in [2.75, 3.05) is 25.4 Å². The Morgan fingerprint density at radius 3 is 3.10 bits per heavy atom. The fraction of sp³-hybridized carbons (Fsp3) is 0.357. The Hall–Kier alpha value is -1.66. The predicted octanol–water partition coefficient (Wildman–Crippen LogP) is 2.48. The van der Waals surface area contributed by atoms with E-state index >= 15 is 0 Å². The molecule has 4 nitrogen and oxygen atoms in total. The maximum Gasteiger partial charge on any atom is 0.266 e. The third-order valence-electron chi connectivity index (χ3n) is 3.41.